The van der Waals surface area contributed by atoms with Crippen molar-refractivity contribution in [3.8, 4) is 0 Å². The van der Waals surface area contributed by atoms with Crippen LogP contribution in [0.5, 0.6) is 0 Å². The van der Waals surface area contributed by atoms with E-state index in [1.165, 1.54) is 4.90 Å². The van der Waals surface area contributed by atoms with E-state index in [-0.39, 0.29) is 18.9 Å². The van der Waals surface area contributed by atoms with Crippen LogP contribution in [0.3, 0.4) is 0 Å². The molecule has 0 saturated carbocycles. The van der Waals surface area contributed by atoms with Crippen molar-refractivity contribution < 1.29 is 14.3 Å². The molecule has 5 heteroatoms. The molecule has 0 unspecified atom stereocenters. The van der Waals surface area contributed by atoms with Gasteiger partial charge >= 0.3 is 5.97 Å². The molecule has 0 radical (unpaired) electrons. The molecular formula is C11H14N2O3. The number of rotatable bonds is 6. The van der Waals surface area contributed by atoms with Crippen molar-refractivity contribution in [2.75, 3.05) is 18.1 Å². The molecule has 0 spiro atoms. The number of hydrogen-bond acceptors (Lipinski definition) is 4. The minimum absolute atomic E-state index is 0.170. The first-order valence-corrected chi connectivity index (χ1v) is 5.06. The first kappa shape index (κ1) is 12.2. The van der Waals surface area contributed by atoms with Crippen molar-refractivity contribution >= 4 is 18.2 Å². The highest BCUT2D eigenvalue weighted by molar-refractivity contribution is 5.76. The highest BCUT2D eigenvalue weighted by Gasteiger charge is 2.09. The summed E-state index contributed by atoms with van der Waals surface area (Å²) < 4.78 is 4.77. The number of pyridine rings is 1. The number of carbonyl (C=O) groups excluding carboxylic acids is 2. The summed E-state index contributed by atoms with van der Waals surface area (Å²) in [4.78, 5) is 27.3. The number of ether oxygens (including phenoxy) is 1. The molecule has 86 valence electrons. The van der Waals surface area contributed by atoms with E-state index in [0.29, 0.717) is 18.8 Å². The van der Waals surface area contributed by atoms with Crippen molar-refractivity contribution in [2.24, 2.45) is 0 Å². The molecular weight excluding hydrogens is 208 g/mol. The normalized spacial score (nSPS) is 9.56. The van der Waals surface area contributed by atoms with Gasteiger partial charge in [-0.1, -0.05) is 6.07 Å². The monoisotopic (exact) mass is 222 g/mol. The molecule has 0 atom stereocenters. The Morgan fingerprint density at radius 1 is 1.56 bits per heavy atom. The van der Waals surface area contributed by atoms with E-state index in [9.17, 15) is 9.59 Å². The van der Waals surface area contributed by atoms with Gasteiger partial charge in [0.1, 0.15) is 5.82 Å². The number of nitrogens with zero attached hydrogens (tertiary/aromatic N) is 2. The molecule has 0 saturated heterocycles. The Kier molecular flexibility index (Phi) is 4.98. The predicted molar refractivity (Wildman–Crippen MR) is 58.9 cm³/mol. The number of anilines is 1. The summed E-state index contributed by atoms with van der Waals surface area (Å²) in [6.07, 6.45) is 2.42. The Morgan fingerprint density at radius 3 is 2.94 bits per heavy atom. The first-order valence-electron chi connectivity index (χ1n) is 5.06. The second kappa shape index (κ2) is 6.55. The molecule has 16 heavy (non-hydrogen) atoms. The number of hydrogen-bond donors (Lipinski definition) is 0. The van der Waals surface area contributed by atoms with Crippen LogP contribution in [0.2, 0.25) is 0 Å². The van der Waals surface area contributed by atoms with Crippen molar-refractivity contribution in [2.45, 2.75) is 13.3 Å². The molecule has 1 rings (SSSR count). The lowest BCUT2D eigenvalue weighted by molar-refractivity contribution is -0.142. The minimum Gasteiger partial charge on any atom is -0.466 e. The van der Waals surface area contributed by atoms with E-state index in [2.05, 4.69) is 4.98 Å². The van der Waals surface area contributed by atoms with Gasteiger partial charge < -0.3 is 4.74 Å². The van der Waals surface area contributed by atoms with Crippen LogP contribution in [0.25, 0.3) is 0 Å². The Hall–Kier alpha value is -1.91. The molecule has 1 heterocycles. The van der Waals surface area contributed by atoms with Gasteiger partial charge in [-0.15, -0.1) is 0 Å². The largest absolute Gasteiger partial charge is 0.466 e. The van der Waals surface area contributed by atoms with E-state index < -0.39 is 0 Å². The first-order chi connectivity index (χ1) is 7.77. The SMILES string of the molecule is CCOC(=O)CCN(C=O)c1ccccn1. The minimum atomic E-state index is -0.315. The lowest BCUT2D eigenvalue weighted by Gasteiger charge is -2.15. The second-order valence-electron chi connectivity index (χ2n) is 3.04. The number of esters is 1. The molecule has 0 bridgehead atoms. The van der Waals surface area contributed by atoms with Crippen molar-refractivity contribution in [3.05, 3.63) is 24.4 Å². The van der Waals surface area contributed by atoms with E-state index >= 15 is 0 Å². The quantitative estimate of drug-likeness (QED) is 0.532. The maximum atomic E-state index is 11.1. The van der Waals surface area contributed by atoms with Gasteiger partial charge in [0.15, 0.2) is 0 Å². The summed E-state index contributed by atoms with van der Waals surface area (Å²) in [5.74, 6) is 0.215. The van der Waals surface area contributed by atoms with E-state index in [4.69, 9.17) is 4.74 Å². The zero-order valence-corrected chi connectivity index (χ0v) is 9.13. The van der Waals surface area contributed by atoms with Crippen molar-refractivity contribution in [3.63, 3.8) is 0 Å². The van der Waals surface area contributed by atoms with Crippen molar-refractivity contribution in [1.82, 2.24) is 4.98 Å². The van der Waals surface area contributed by atoms with E-state index in [0.717, 1.165) is 0 Å². The zero-order valence-electron chi connectivity index (χ0n) is 9.13. The van der Waals surface area contributed by atoms with Gasteiger partial charge in [-0.3, -0.25) is 14.5 Å². The molecule has 0 aliphatic heterocycles. The fourth-order valence-electron chi connectivity index (χ4n) is 1.19. The molecule has 5 nitrogen and oxygen atoms in total. The van der Waals surface area contributed by atoms with Crippen LogP contribution in [0.1, 0.15) is 13.3 Å². The molecule has 0 N–H and O–H groups in total. The molecule has 0 aliphatic rings. The third-order valence-electron chi connectivity index (χ3n) is 1.93. The fraction of sp³-hybridized carbons (Fsp3) is 0.364. The van der Waals surface area contributed by atoms with E-state index in [1.54, 1.807) is 31.3 Å². The molecule has 0 fully saturated rings. The Balaban J connectivity index is 2.50. The fourth-order valence-corrected chi connectivity index (χ4v) is 1.19. The van der Waals surface area contributed by atoms with E-state index in [1.807, 2.05) is 0 Å². The van der Waals surface area contributed by atoms with Crippen LogP contribution in [0.15, 0.2) is 24.4 Å². The highest BCUT2D eigenvalue weighted by atomic mass is 16.5. The lowest BCUT2D eigenvalue weighted by atomic mass is 10.3. The summed E-state index contributed by atoms with van der Waals surface area (Å²) in [6.45, 7) is 2.37. The van der Waals surface area contributed by atoms with Gasteiger partial charge in [-0.2, -0.15) is 0 Å². The Bertz CT molecular complexity index is 340. The number of carbonyl (C=O) groups is 2. The second-order valence-corrected chi connectivity index (χ2v) is 3.04. The van der Waals surface area contributed by atoms with Crippen LogP contribution in [0.4, 0.5) is 5.82 Å². The summed E-state index contributed by atoms with van der Waals surface area (Å²) in [5.41, 5.74) is 0. The number of aromatic nitrogens is 1. The van der Waals surface area contributed by atoms with Gasteiger partial charge in [0.05, 0.1) is 13.0 Å². The van der Waals surface area contributed by atoms with Crippen LogP contribution < -0.4 is 4.90 Å². The predicted octanol–water partition coefficient (Wildman–Crippen LogP) is 0.998. The summed E-state index contributed by atoms with van der Waals surface area (Å²) in [5, 5.41) is 0. The van der Waals surface area contributed by atoms with Gasteiger partial charge in [0.25, 0.3) is 0 Å². The summed E-state index contributed by atoms with van der Waals surface area (Å²) in [6, 6.07) is 5.25. The lowest BCUT2D eigenvalue weighted by Crippen LogP contribution is -2.25. The molecule has 0 aliphatic carbocycles. The number of amides is 1. The third-order valence-corrected chi connectivity index (χ3v) is 1.93. The average molecular weight is 222 g/mol. The summed E-state index contributed by atoms with van der Waals surface area (Å²) >= 11 is 0. The van der Waals surface area contributed by atoms with Crippen LogP contribution >= 0.6 is 0 Å². The average Bonchev–Trinajstić information content (AvgIpc) is 2.31. The van der Waals surface area contributed by atoms with Crippen LogP contribution in [0, 0.1) is 0 Å². The third kappa shape index (κ3) is 3.68. The van der Waals surface area contributed by atoms with Crippen LogP contribution in [-0.2, 0) is 14.3 Å². The van der Waals surface area contributed by atoms with Gasteiger partial charge in [-0.25, -0.2) is 4.98 Å². The highest BCUT2D eigenvalue weighted by Crippen LogP contribution is 2.07. The van der Waals surface area contributed by atoms with Gasteiger partial charge in [0.2, 0.25) is 6.41 Å². The Morgan fingerprint density at radius 2 is 2.38 bits per heavy atom. The van der Waals surface area contributed by atoms with Crippen LogP contribution in [-0.4, -0.2) is 30.5 Å². The molecule has 0 aromatic carbocycles. The smallest absolute Gasteiger partial charge is 0.307 e. The maximum Gasteiger partial charge on any atom is 0.307 e. The topological polar surface area (TPSA) is 59.5 Å². The molecule has 1 aromatic rings. The Labute approximate surface area is 94.0 Å². The molecule has 1 amide bonds. The van der Waals surface area contributed by atoms with Crippen molar-refractivity contribution in [1.29, 1.82) is 0 Å². The maximum absolute atomic E-state index is 11.1. The molecule has 1 aromatic heterocycles. The standard InChI is InChI=1S/C11H14N2O3/c1-2-16-11(15)6-8-13(9-14)10-5-3-4-7-12-10/h3-5,7,9H,2,6,8H2,1H3. The zero-order chi connectivity index (χ0) is 11.8. The van der Waals surface area contributed by atoms with Gasteiger partial charge in [-0.05, 0) is 19.1 Å². The van der Waals surface area contributed by atoms with Gasteiger partial charge in [0, 0.05) is 12.7 Å². The summed E-state index contributed by atoms with van der Waals surface area (Å²) in [7, 11) is 0.